The van der Waals surface area contributed by atoms with Crippen molar-refractivity contribution in [3.8, 4) is 0 Å². The molecule has 0 saturated carbocycles. The molecule has 10 heteroatoms. The molecule has 5 rings (SSSR count). The van der Waals surface area contributed by atoms with E-state index >= 15 is 0 Å². The van der Waals surface area contributed by atoms with Gasteiger partial charge < -0.3 is 14.0 Å². The minimum absolute atomic E-state index is 0.0140. The third kappa shape index (κ3) is 4.42. The Morgan fingerprint density at radius 1 is 1.22 bits per heavy atom. The molecule has 0 radical (unpaired) electrons. The zero-order valence-corrected chi connectivity index (χ0v) is 19.5. The summed E-state index contributed by atoms with van der Waals surface area (Å²) in [6, 6.07) is 11.6. The van der Waals surface area contributed by atoms with Crippen LogP contribution in [-0.4, -0.2) is 45.1 Å². The number of esters is 1. The minimum Gasteiger partial charge on any atom is -0.462 e. The molecular weight excluding hydrogens is 467 g/mol. The maximum absolute atomic E-state index is 13.8. The highest BCUT2D eigenvalue weighted by molar-refractivity contribution is 5.97. The van der Waals surface area contributed by atoms with Gasteiger partial charge in [-0.25, -0.2) is 14.2 Å². The van der Waals surface area contributed by atoms with Gasteiger partial charge in [-0.15, -0.1) is 0 Å². The van der Waals surface area contributed by atoms with Crippen LogP contribution < -0.4 is 11.0 Å². The maximum atomic E-state index is 13.8. The Hall–Kier alpha value is -4.18. The lowest BCUT2D eigenvalue weighted by Gasteiger charge is -2.18. The van der Waals surface area contributed by atoms with Gasteiger partial charge >= 0.3 is 5.97 Å². The van der Waals surface area contributed by atoms with Crippen LogP contribution in [0.4, 0.5) is 4.39 Å². The molecule has 184 valence electrons. The first-order valence-electron chi connectivity index (χ1n) is 11.6. The second-order valence-electron chi connectivity index (χ2n) is 8.36. The summed E-state index contributed by atoms with van der Waals surface area (Å²) < 4.78 is 27.8. The number of pyridine rings is 2. The van der Waals surface area contributed by atoms with E-state index in [1.165, 1.54) is 28.7 Å². The number of carbonyl (C=O) groups excluding carboxylic acids is 2. The highest BCUT2D eigenvalue weighted by atomic mass is 19.1. The molecule has 1 saturated heterocycles. The first-order valence-corrected chi connectivity index (χ1v) is 11.6. The zero-order chi connectivity index (χ0) is 25.2. The summed E-state index contributed by atoms with van der Waals surface area (Å²) in [7, 11) is 0. The van der Waals surface area contributed by atoms with Gasteiger partial charge in [0.1, 0.15) is 22.7 Å². The first-order chi connectivity index (χ1) is 17.5. The number of hydrogen-bond donors (Lipinski definition) is 0. The van der Waals surface area contributed by atoms with Crippen LogP contribution in [0.1, 0.15) is 40.5 Å². The zero-order valence-electron chi connectivity index (χ0n) is 19.5. The van der Waals surface area contributed by atoms with Gasteiger partial charge in [0.25, 0.3) is 11.5 Å². The topological polar surface area (TPSA) is 104 Å². The molecular formula is C26H23FN4O5. The standard InChI is InChI=1S/C26H23FN4O5/c1-2-35-26(34)20-14-19-22(28-21-10-3-4-11-30(21)25(19)33)31(15-18-9-6-12-36-18)23(20)29-24(32)16-7-5-8-17(27)13-16/h3-5,7-8,10-11,13-14,18H,2,6,9,12,15H2,1H3. The fraction of sp³-hybridized carbons (Fsp3) is 0.269. The average Bonchev–Trinajstić information content (AvgIpc) is 3.39. The van der Waals surface area contributed by atoms with Crippen molar-refractivity contribution in [3.63, 3.8) is 0 Å². The molecule has 0 spiro atoms. The van der Waals surface area contributed by atoms with E-state index in [-0.39, 0.29) is 52.5 Å². The Bertz CT molecular complexity index is 1620. The molecule has 1 amide bonds. The van der Waals surface area contributed by atoms with Crippen LogP contribution in [-0.2, 0) is 16.0 Å². The van der Waals surface area contributed by atoms with Crippen molar-refractivity contribution in [2.24, 2.45) is 4.99 Å². The molecule has 0 bridgehead atoms. The van der Waals surface area contributed by atoms with Crippen LogP contribution in [0.5, 0.6) is 0 Å². The highest BCUT2D eigenvalue weighted by Crippen LogP contribution is 2.17. The Morgan fingerprint density at radius 3 is 2.83 bits per heavy atom. The normalized spacial score (nSPS) is 16.1. The molecule has 1 aliphatic heterocycles. The first kappa shape index (κ1) is 23.6. The van der Waals surface area contributed by atoms with Gasteiger partial charge in [-0.1, -0.05) is 12.1 Å². The predicted octanol–water partition coefficient (Wildman–Crippen LogP) is 2.89. The Kier molecular flexibility index (Phi) is 6.43. The molecule has 36 heavy (non-hydrogen) atoms. The number of aromatic nitrogens is 3. The van der Waals surface area contributed by atoms with Crippen molar-refractivity contribution in [1.29, 1.82) is 0 Å². The number of halogens is 1. The van der Waals surface area contributed by atoms with Crippen molar-refractivity contribution in [1.82, 2.24) is 14.0 Å². The second-order valence-corrected chi connectivity index (χ2v) is 8.36. The summed E-state index contributed by atoms with van der Waals surface area (Å²) in [5, 5.41) is 0.164. The summed E-state index contributed by atoms with van der Waals surface area (Å²) >= 11 is 0. The third-order valence-electron chi connectivity index (χ3n) is 5.97. The monoisotopic (exact) mass is 490 g/mol. The van der Waals surface area contributed by atoms with E-state index < -0.39 is 17.7 Å². The van der Waals surface area contributed by atoms with E-state index in [0.29, 0.717) is 12.3 Å². The summed E-state index contributed by atoms with van der Waals surface area (Å²) in [4.78, 5) is 48.4. The smallest absolute Gasteiger partial charge is 0.341 e. The van der Waals surface area contributed by atoms with Crippen molar-refractivity contribution >= 4 is 28.6 Å². The van der Waals surface area contributed by atoms with E-state index in [1.54, 1.807) is 35.9 Å². The predicted molar refractivity (Wildman–Crippen MR) is 128 cm³/mol. The molecule has 4 heterocycles. The summed E-state index contributed by atoms with van der Waals surface area (Å²) in [6.07, 6.45) is 2.96. The Morgan fingerprint density at radius 2 is 2.08 bits per heavy atom. The molecule has 0 N–H and O–H groups in total. The van der Waals surface area contributed by atoms with Gasteiger partial charge in [-0.3, -0.25) is 14.0 Å². The van der Waals surface area contributed by atoms with Crippen LogP contribution in [0.25, 0.3) is 16.7 Å². The Labute approximate surface area is 204 Å². The van der Waals surface area contributed by atoms with Crippen molar-refractivity contribution in [2.45, 2.75) is 32.4 Å². The Balaban J connectivity index is 1.86. The average molecular weight is 490 g/mol. The number of benzene rings is 1. The van der Waals surface area contributed by atoms with E-state index in [4.69, 9.17) is 9.47 Å². The number of nitrogens with zero attached hydrogens (tertiary/aromatic N) is 4. The molecule has 1 unspecified atom stereocenters. The number of ether oxygens (including phenoxy) is 2. The number of rotatable bonds is 5. The minimum atomic E-state index is -0.752. The molecule has 4 aromatic rings. The summed E-state index contributed by atoms with van der Waals surface area (Å²) in [5.74, 6) is -2.09. The largest absolute Gasteiger partial charge is 0.462 e. The van der Waals surface area contributed by atoms with Crippen LogP contribution in [0.15, 0.2) is 64.5 Å². The molecule has 1 fully saturated rings. The van der Waals surface area contributed by atoms with Gasteiger partial charge in [0.15, 0.2) is 5.49 Å². The fourth-order valence-corrected chi connectivity index (χ4v) is 4.30. The number of fused-ring (bicyclic) bond motifs is 2. The van der Waals surface area contributed by atoms with Crippen molar-refractivity contribution in [3.05, 3.63) is 87.5 Å². The number of carbonyl (C=O) groups is 2. The molecule has 1 aromatic carbocycles. The maximum Gasteiger partial charge on any atom is 0.341 e. The molecule has 3 aromatic heterocycles. The molecule has 0 aliphatic carbocycles. The molecule has 1 atom stereocenters. The van der Waals surface area contributed by atoms with Gasteiger partial charge in [0, 0.05) is 18.4 Å². The van der Waals surface area contributed by atoms with Crippen molar-refractivity contribution < 1.29 is 23.5 Å². The number of hydrogen-bond acceptors (Lipinski definition) is 6. The van der Waals surface area contributed by atoms with E-state index in [9.17, 15) is 18.8 Å². The highest BCUT2D eigenvalue weighted by Gasteiger charge is 2.24. The van der Waals surface area contributed by atoms with Crippen LogP contribution in [0.3, 0.4) is 0 Å². The molecule has 1 aliphatic rings. The van der Waals surface area contributed by atoms with E-state index in [0.717, 1.165) is 18.9 Å². The van der Waals surface area contributed by atoms with Gasteiger partial charge in [-0.2, -0.15) is 4.99 Å². The van der Waals surface area contributed by atoms with Crippen LogP contribution in [0, 0.1) is 5.82 Å². The van der Waals surface area contributed by atoms with Gasteiger partial charge in [0.2, 0.25) is 0 Å². The van der Waals surface area contributed by atoms with Crippen LogP contribution >= 0.6 is 0 Å². The SMILES string of the molecule is CCOC(=O)c1cc2c(=O)n3ccccc3nc2n(CC2CCCO2)c1=NC(=O)c1cccc(F)c1. The number of amides is 1. The third-order valence-corrected chi connectivity index (χ3v) is 5.97. The fourth-order valence-electron chi connectivity index (χ4n) is 4.30. The van der Waals surface area contributed by atoms with E-state index in [2.05, 4.69) is 9.98 Å². The van der Waals surface area contributed by atoms with E-state index in [1.807, 2.05) is 0 Å². The van der Waals surface area contributed by atoms with Gasteiger partial charge in [0.05, 0.1) is 24.6 Å². The van der Waals surface area contributed by atoms with Crippen molar-refractivity contribution in [2.75, 3.05) is 13.2 Å². The second kappa shape index (κ2) is 9.82. The lowest BCUT2D eigenvalue weighted by atomic mass is 10.1. The molecule has 9 nitrogen and oxygen atoms in total. The summed E-state index contributed by atoms with van der Waals surface area (Å²) in [6.45, 7) is 2.51. The van der Waals surface area contributed by atoms with Crippen LogP contribution in [0.2, 0.25) is 0 Å². The lowest BCUT2D eigenvalue weighted by Crippen LogP contribution is -2.35. The van der Waals surface area contributed by atoms with Gasteiger partial charge in [-0.05, 0) is 56.2 Å². The summed E-state index contributed by atoms with van der Waals surface area (Å²) in [5.41, 5.74) is 0.174. The quantitative estimate of drug-likeness (QED) is 0.315. The lowest BCUT2D eigenvalue weighted by molar-refractivity contribution is 0.0521.